The van der Waals surface area contributed by atoms with Crippen LogP contribution in [0.2, 0.25) is 0 Å². The van der Waals surface area contributed by atoms with Crippen LogP contribution in [0.15, 0.2) is 0 Å². The number of aliphatic hydroxyl groups is 1. The topological polar surface area (TPSA) is 46.5 Å². The fourth-order valence-corrected chi connectivity index (χ4v) is 1.31. The molecule has 0 aromatic rings. The highest BCUT2D eigenvalue weighted by atomic mass is 16.5. The van der Waals surface area contributed by atoms with Gasteiger partial charge in [0.25, 0.3) is 0 Å². The van der Waals surface area contributed by atoms with Crippen molar-refractivity contribution in [3.05, 3.63) is 0 Å². The highest BCUT2D eigenvalue weighted by Crippen LogP contribution is 2.24. The zero-order chi connectivity index (χ0) is 7.78. The number of carbonyl (C=O) groups excluding carboxylic acids is 1. The predicted octanol–water partition coefficient (Wildman–Crippen LogP) is 0.463. The van der Waals surface area contributed by atoms with E-state index in [1.165, 1.54) is 0 Å². The molecule has 3 nitrogen and oxygen atoms in total. The van der Waals surface area contributed by atoms with Crippen LogP contribution in [0, 0.1) is 0 Å². The van der Waals surface area contributed by atoms with Gasteiger partial charge in [0.2, 0.25) is 0 Å². The molecular formula is C7H12O3. The molecule has 0 radical (unpaired) electrons. The van der Waals surface area contributed by atoms with Gasteiger partial charge in [0.1, 0.15) is 6.10 Å². The first kappa shape index (κ1) is 7.54. The molecule has 1 aliphatic rings. The van der Waals surface area contributed by atoms with Crippen LogP contribution in [0.5, 0.6) is 0 Å². The summed E-state index contributed by atoms with van der Waals surface area (Å²) < 4.78 is 4.82. The maximum atomic E-state index is 10.7. The van der Waals surface area contributed by atoms with Crippen LogP contribution in [0.25, 0.3) is 0 Å². The van der Waals surface area contributed by atoms with Gasteiger partial charge in [-0.05, 0) is 13.8 Å². The van der Waals surface area contributed by atoms with Gasteiger partial charge in [0.05, 0.1) is 12.0 Å². The third kappa shape index (κ3) is 1.70. The van der Waals surface area contributed by atoms with E-state index in [1.807, 2.05) is 0 Å². The van der Waals surface area contributed by atoms with E-state index in [-0.39, 0.29) is 18.5 Å². The van der Waals surface area contributed by atoms with Crippen molar-refractivity contribution in [2.24, 2.45) is 0 Å². The SMILES string of the molecule is CC1CC(C)(O)CC(=O)O1. The average molecular weight is 144 g/mol. The molecule has 1 saturated heterocycles. The highest BCUT2D eigenvalue weighted by molar-refractivity contribution is 5.71. The monoisotopic (exact) mass is 144 g/mol. The second kappa shape index (κ2) is 2.23. The average Bonchev–Trinajstić information content (AvgIpc) is 1.54. The molecule has 2 atom stereocenters. The van der Waals surface area contributed by atoms with Crippen LogP contribution < -0.4 is 0 Å². The first-order chi connectivity index (χ1) is 4.49. The Kier molecular flexibility index (Phi) is 1.68. The zero-order valence-electron chi connectivity index (χ0n) is 6.26. The molecule has 2 unspecified atom stereocenters. The van der Waals surface area contributed by atoms with Gasteiger partial charge in [-0.2, -0.15) is 0 Å². The van der Waals surface area contributed by atoms with Crippen LogP contribution >= 0.6 is 0 Å². The number of hydrogen-bond donors (Lipinski definition) is 1. The minimum absolute atomic E-state index is 0.122. The van der Waals surface area contributed by atoms with E-state index >= 15 is 0 Å². The second-order valence-electron chi connectivity index (χ2n) is 3.18. The molecule has 1 N–H and O–H groups in total. The molecule has 0 aromatic carbocycles. The Balaban J connectivity index is 2.59. The summed E-state index contributed by atoms with van der Waals surface area (Å²) in [5, 5.41) is 9.41. The van der Waals surface area contributed by atoms with Gasteiger partial charge in [0.15, 0.2) is 0 Å². The molecule has 0 saturated carbocycles. The number of rotatable bonds is 0. The van der Waals surface area contributed by atoms with E-state index in [2.05, 4.69) is 0 Å². The Morgan fingerprint density at radius 2 is 2.40 bits per heavy atom. The number of cyclic esters (lactones) is 1. The maximum Gasteiger partial charge on any atom is 0.308 e. The smallest absolute Gasteiger partial charge is 0.308 e. The molecule has 0 amide bonds. The van der Waals surface area contributed by atoms with Crippen molar-refractivity contribution in [2.75, 3.05) is 0 Å². The molecule has 0 aromatic heterocycles. The van der Waals surface area contributed by atoms with E-state index in [4.69, 9.17) is 4.74 Å². The van der Waals surface area contributed by atoms with Crippen LogP contribution in [-0.4, -0.2) is 22.8 Å². The highest BCUT2D eigenvalue weighted by Gasteiger charge is 2.33. The Morgan fingerprint density at radius 1 is 1.80 bits per heavy atom. The number of ether oxygens (including phenoxy) is 1. The molecular weight excluding hydrogens is 132 g/mol. The quantitative estimate of drug-likeness (QED) is 0.502. The third-order valence-electron chi connectivity index (χ3n) is 1.59. The minimum atomic E-state index is -0.852. The molecule has 0 spiro atoms. The van der Waals surface area contributed by atoms with Crippen LogP contribution in [0.4, 0.5) is 0 Å². The van der Waals surface area contributed by atoms with Crippen molar-refractivity contribution in [1.82, 2.24) is 0 Å². The lowest BCUT2D eigenvalue weighted by Crippen LogP contribution is -2.39. The first-order valence-electron chi connectivity index (χ1n) is 3.41. The molecule has 1 heterocycles. The van der Waals surface area contributed by atoms with Crippen molar-refractivity contribution in [2.45, 2.75) is 38.4 Å². The van der Waals surface area contributed by atoms with Crippen LogP contribution in [0.3, 0.4) is 0 Å². The normalized spacial score (nSPS) is 41.1. The Hall–Kier alpha value is -0.570. The van der Waals surface area contributed by atoms with Crippen LogP contribution in [0.1, 0.15) is 26.7 Å². The van der Waals surface area contributed by atoms with E-state index in [0.29, 0.717) is 6.42 Å². The minimum Gasteiger partial charge on any atom is -0.462 e. The van der Waals surface area contributed by atoms with Crippen LogP contribution in [-0.2, 0) is 9.53 Å². The summed E-state index contributed by atoms with van der Waals surface area (Å²) in [4.78, 5) is 10.7. The van der Waals surface area contributed by atoms with Crippen molar-refractivity contribution < 1.29 is 14.6 Å². The predicted molar refractivity (Wildman–Crippen MR) is 35.4 cm³/mol. The molecule has 1 aliphatic heterocycles. The number of hydrogen-bond acceptors (Lipinski definition) is 3. The maximum absolute atomic E-state index is 10.7. The van der Waals surface area contributed by atoms with Gasteiger partial charge < -0.3 is 9.84 Å². The van der Waals surface area contributed by atoms with Gasteiger partial charge in [0, 0.05) is 6.42 Å². The third-order valence-corrected chi connectivity index (χ3v) is 1.59. The van der Waals surface area contributed by atoms with Gasteiger partial charge in [-0.1, -0.05) is 0 Å². The Morgan fingerprint density at radius 3 is 2.80 bits per heavy atom. The fraction of sp³-hybridized carbons (Fsp3) is 0.857. The zero-order valence-corrected chi connectivity index (χ0v) is 6.26. The summed E-state index contributed by atoms with van der Waals surface area (Å²) in [7, 11) is 0. The first-order valence-corrected chi connectivity index (χ1v) is 3.41. The van der Waals surface area contributed by atoms with Gasteiger partial charge >= 0.3 is 5.97 Å². The molecule has 10 heavy (non-hydrogen) atoms. The summed E-state index contributed by atoms with van der Waals surface area (Å²) in [6, 6.07) is 0. The lowest BCUT2D eigenvalue weighted by atomic mass is 9.93. The summed E-state index contributed by atoms with van der Waals surface area (Å²) >= 11 is 0. The summed E-state index contributed by atoms with van der Waals surface area (Å²) in [5.41, 5.74) is -0.852. The van der Waals surface area contributed by atoms with Crippen molar-refractivity contribution in [3.63, 3.8) is 0 Å². The van der Waals surface area contributed by atoms with Crippen molar-refractivity contribution in [3.8, 4) is 0 Å². The van der Waals surface area contributed by atoms with Crippen molar-refractivity contribution in [1.29, 1.82) is 0 Å². The summed E-state index contributed by atoms with van der Waals surface area (Å²) in [6.07, 6.45) is 0.520. The van der Waals surface area contributed by atoms with Gasteiger partial charge in [-0.25, -0.2) is 0 Å². The second-order valence-corrected chi connectivity index (χ2v) is 3.18. The molecule has 0 bridgehead atoms. The molecule has 3 heteroatoms. The lowest BCUT2D eigenvalue weighted by molar-refractivity contribution is -0.166. The number of esters is 1. The number of carbonyl (C=O) groups is 1. The Labute approximate surface area is 60.0 Å². The summed E-state index contributed by atoms with van der Waals surface area (Å²) in [5.74, 6) is -0.302. The van der Waals surface area contributed by atoms with E-state index in [9.17, 15) is 9.90 Å². The van der Waals surface area contributed by atoms with E-state index < -0.39 is 5.60 Å². The van der Waals surface area contributed by atoms with Crippen molar-refractivity contribution >= 4 is 5.97 Å². The standard InChI is InChI=1S/C7H12O3/c1-5-3-7(2,9)4-6(8)10-5/h5,9H,3-4H2,1-2H3. The summed E-state index contributed by atoms with van der Waals surface area (Å²) in [6.45, 7) is 3.44. The molecule has 1 fully saturated rings. The molecule has 58 valence electrons. The Bertz CT molecular complexity index is 151. The largest absolute Gasteiger partial charge is 0.462 e. The van der Waals surface area contributed by atoms with E-state index in [1.54, 1.807) is 13.8 Å². The fourth-order valence-electron chi connectivity index (χ4n) is 1.31. The molecule has 0 aliphatic carbocycles. The molecule has 1 rings (SSSR count). The van der Waals surface area contributed by atoms with Gasteiger partial charge in [-0.3, -0.25) is 4.79 Å². The lowest BCUT2D eigenvalue weighted by Gasteiger charge is -2.31. The van der Waals surface area contributed by atoms with Gasteiger partial charge in [-0.15, -0.1) is 0 Å². The van der Waals surface area contributed by atoms with E-state index in [0.717, 1.165) is 0 Å².